The highest BCUT2D eigenvalue weighted by atomic mass is 16.5. The Hall–Kier alpha value is -1.66. The normalized spacial score (nSPS) is 25.4. The number of rotatable bonds is 3. The second kappa shape index (κ2) is 6.22. The Morgan fingerprint density at radius 3 is 2.50 bits per heavy atom. The number of hydrogen-bond donors (Lipinski definition) is 0. The number of nitrogens with zero attached hydrogens (tertiary/aromatic N) is 3. The molecule has 0 aliphatic carbocycles. The summed E-state index contributed by atoms with van der Waals surface area (Å²) in [4.78, 5) is 21.4. The molecule has 0 aromatic carbocycles. The van der Waals surface area contributed by atoms with Gasteiger partial charge >= 0.3 is 0 Å². The van der Waals surface area contributed by atoms with Crippen LogP contribution >= 0.6 is 0 Å². The van der Waals surface area contributed by atoms with Crippen LogP contribution in [0.15, 0.2) is 18.3 Å². The molecule has 2 unspecified atom stereocenters. The maximum absolute atomic E-state index is 12.9. The molecule has 3 heterocycles. The second-order valence-electron chi connectivity index (χ2n) is 6.19. The number of morpholine rings is 1. The number of aromatic nitrogens is 1. The van der Waals surface area contributed by atoms with Crippen molar-refractivity contribution in [2.45, 2.75) is 32.0 Å². The maximum Gasteiger partial charge on any atom is 0.256 e. The molecule has 120 valence electrons. The number of hydrogen-bond acceptors (Lipinski definition) is 5. The Kier molecular flexibility index (Phi) is 4.31. The number of carbonyl (C=O) groups excluding carboxylic acids is 1. The lowest BCUT2D eigenvalue weighted by Gasteiger charge is -2.50. The number of piperazine rings is 1. The molecule has 1 aromatic rings. The first-order valence-electron chi connectivity index (χ1n) is 7.74. The molecule has 0 saturated carbocycles. The molecule has 0 radical (unpaired) electrons. The fourth-order valence-corrected chi connectivity index (χ4v) is 3.23. The van der Waals surface area contributed by atoms with Crippen LogP contribution < -0.4 is 4.74 Å². The van der Waals surface area contributed by atoms with Crippen molar-refractivity contribution in [2.75, 3.05) is 33.4 Å². The molecule has 2 aliphatic heterocycles. The molecule has 0 N–H and O–H groups in total. The van der Waals surface area contributed by atoms with Crippen molar-refractivity contribution < 1.29 is 14.3 Å². The number of carbonyl (C=O) groups is 1. The highest BCUT2D eigenvalue weighted by molar-refractivity contribution is 5.94. The Balaban J connectivity index is 1.79. The Bertz CT molecular complexity index is 518. The largest absolute Gasteiger partial charge is 0.481 e. The van der Waals surface area contributed by atoms with E-state index in [-0.39, 0.29) is 18.0 Å². The maximum atomic E-state index is 12.9. The minimum Gasteiger partial charge on any atom is -0.481 e. The van der Waals surface area contributed by atoms with Gasteiger partial charge in [0.2, 0.25) is 5.88 Å². The number of ether oxygens (including phenoxy) is 2. The monoisotopic (exact) mass is 305 g/mol. The molecule has 2 saturated heterocycles. The number of methoxy groups -OCH3 is 1. The van der Waals surface area contributed by atoms with E-state index in [0.29, 0.717) is 30.7 Å². The van der Waals surface area contributed by atoms with Crippen molar-refractivity contribution in [3.8, 4) is 5.88 Å². The summed E-state index contributed by atoms with van der Waals surface area (Å²) in [6, 6.07) is 4.22. The second-order valence-corrected chi connectivity index (χ2v) is 6.19. The van der Waals surface area contributed by atoms with E-state index < -0.39 is 0 Å². The first-order valence-corrected chi connectivity index (χ1v) is 7.74. The fraction of sp³-hybridized carbons (Fsp3) is 0.625. The molecule has 1 aromatic heterocycles. The van der Waals surface area contributed by atoms with Gasteiger partial charge in [0.1, 0.15) is 0 Å². The van der Waals surface area contributed by atoms with E-state index in [9.17, 15) is 4.79 Å². The standard InChI is InChI=1S/C16H23N3O3/c1-11(2)18-7-13-9-22-10-14(8-18)19(13)16(20)12-4-5-15(21-3)17-6-12/h4-6,11,13-14H,7-10H2,1-3H3. The summed E-state index contributed by atoms with van der Waals surface area (Å²) in [5, 5.41) is 0. The van der Waals surface area contributed by atoms with E-state index >= 15 is 0 Å². The molecule has 3 rings (SSSR count). The van der Waals surface area contributed by atoms with Gasteiger partial charge in [-0.1, -0.05) is 0 Å². The molecule has 6 heteroatoms. The van der Waals surface area contributed by atoms with Gasteiger partial charge < -0.3 is 14.4 Å². The zero-order valence-corrected chi connectivity index (χ0v) is 13.4. The summed E-state index contributed by atoms with van der Waals surface area (Å²) in [7, 11) is 1.57. The summed E-state index contributed by atoms with van der Waals surface area (Å²) >= 11 is 0. The van der Waals surface area contributed by atoms with Crippen LogP contribution in [0.25, 0.3) is 0 Å². The molecule has 0 spiro atoms. The Morgan fingerprint density at radius 2 is 2.00 bits per heavy atom. The predicted octanol–water partition coefficient (Wildman–Crippen LogP) is 1.02. The zero-order chi connectivity index (χ0) is 15.7. The van der Waals surface area contributed by atoms with Gasteiger partial charge in [-0.05, 0) is 19.9 Å². The number of fused-ring (bicyclic) bond motifs is 2. The van der Waals surface area contributed by atoms with Gasteiger partial charge in [-0.3, -0.25) is 9.69 Å². The van der Waals surface area contributed by atoms with E-state index in [2.05, 4.69) is 23.7 Å². The van der Waals surface area contributed by atoms with Crippen molar-refractivity contribution >= 4 is 5.91 Å². The number of amides is 1. The van der Waals surface area contributed by atoms with E-state index in [1.807, 2.05) is 4.90 Å². The van der Waals surface area contributed by atoms with Crippen molar-refractivity contribution in [3.05, 3.63) is 23.9 Å². The van der Waals surface area contributed by atoms with Crippen LogP contribution in [-0.2, 0) is 4.74 Å². The van der Waals surface area contributed by atoms with Gasteiger partial charge in [-0.2, -0.15) is 0 Å². The van der Waals surface area contributed by atoms with Gasteiger partial charge in [-0.25, -0.2) is 4.98 Å². The van der Waals surface area contributed by atoms with Crippen molar-refractivity contribution in [1.82, 2.24) is 14.8 Å². The van der Waals surface area contributed by atoms with Crippen LogP contribution in [0.2, 0.25) is 0 Å². The van der Waals surface area contributed by atoms with Crippen molar-refractivity contribution in [3.63, 3.8) is 0 Å². The average molecular weight is 305 g/mol. The summed E-state index contributed by atoms with van der Waals surface area (Å²) in [6.07, 6.45) is 1.59. The van der Waals surface area contributed by atoms with Crippen LogP contribution in [0.1, 0.15) is 24.2 Å². The summed E-state index contributed by atoms with van der Waals surface area (Å²) < 4.78 is 10.7. The van der Waals surface area contributed by atoms with E-state index in [0.717, 1.165) is 13.1 Å². The molecule has 6 nitrogen and oxygen atoms in total. The van der Waals surface area contributed by atoms with E-state index in [4.69, 9.17) is 9.47 Å². The van der Waals surface area contributed by atoms with E-state index in [1.54, 1.807) is 25.4 Å². The summed E-state index contributed by atoms with van der Waals surface area (Å²) in [5.41, 5.74) is 0.607. The SMILES string of the molecule is COc1ccc(C(=O)N2C3COCC2CN(C(C)C)C3)cn1. The van der Waals surface area contributed by atoms with Gasteiger partial charge in [0, 0.05) is 31.4 Å². The van der Waals surface area contributed by atoms with Crippen molar-refractivity contribution in [2.24, 2.45) is 0 Å². The fourth-order valence-electron chi connectivity index (χ4n) is 3.23. The third-order valence-corrected chi connectivity index (χ3v) is 4.46. The van der Waals surface area contributed by atoms with Crippen molar-refractivity contribution in [1.29, 1.82) is 0 Å². The smallest absolute Gasteiger partial charge is 0.256 e. The molecule has 2 fully saturated rings. The molecule has 2 aliphatic rings. The van der Waals surface area contributed by atoms with Crippen LogP contribution in [-0.4, -0.2) is 72.2 Å². The Labute approximate surface area is 131 Å². The molecule has 2 atom stereocenters. The van der Waals surface area contributed by atoms with Crippen LogP contribution in [0, 0.1) is 0 Å². The van der Waals surface area contributed by atoms with Crippen LogP contribution in [0.4, 0.5) is 0 Å². The third-order valence-electron chi connectivity index (χ3n) is 4.46. The third kappa shape index (κ3) is 2.80. The summed E-state index contributed by atoms with van der Waals surface area (Å²) in [5.74, 6) is 0.557. The first-order chi connectivity index (χ1) is 10.6. The van der Waals surface area contributed by atoms with E-state index in [1.165, 1.54) is 0 Å². The lowest BCUT2D eigenvalue weighted by molar-refractivity contribution is -0.0853. The lowest BCUT2D eigenvalue weighted by Crippen LogP contribution is -2.66. The van der Waals surface area contributed by atoms with Crippen LogP contribution in [0.3, 0.4) is 0 Å². The molecule has 1 amide bonds. The van der Waals surface area contributed by atoms with Gasteiger partial charge in [0.15, 0.2) is 0 Å². The number of pyridine rings is 1. The molecule has 22 heavy (non-hydrogen) atoms. The van der Waals surface area contributed by atoms with Gasteiger partial charge in [0.25, 0.3) is 5.91 Å². The highest BCUT2D eigenvalue weighted by Crippen LogP contribution is 2.25. The lowest BCUT2D eigenvalue weighted by atomic mass is 10.0. The quantitative estimate of drug-likeness (QED) is 0.835. The van der Waals surface area contributed by atoms with Crippen LogP contribution in [0.5, 0.6) is 5.88 Å². The molecular formula is C16H23N3O3. The zero-order valence-electron chi connectivity index (χ0n) is 13.4. The minimum atomic E-state index is 0.0388. The Morgan fingerprint density at radius 1 is 1.32 bits per heavy atom. The van der Waals surface area contributed by atoms with Gasteiger partial charge in [0.05, 0.1) is 38.0 Å². The predicted molar refractivity (Wildman–Crippen MR) is 82.1 cm³/mol. The van der Waals surface area contributed by atoms with Gasteiger partial charge in [-0.15, -0.1) is 0 Å². The molecular weight excluding hydrogens is 282 g/mol. The minimum absolute atomic E-state index is 0.0388. The summed E-state index contributed by atoms with van der Waals surface area (Å²) in [6.45, 7) is 7.33. The highest BCUT2D eigenvalue weighted by Gasteiger charge is 2.41. The first kappa shape index (κ1) is 15.2. The topological polar surface area (TPSA) is 54.9 Å². The molecule has 2 bridgehead atoms. The average Bonchev–Trinajstić information content (AvgIpc) is 2.53.